The quantitative estimate of drug-likeness (QED) is 0.377. The maximum Gasteiger partial charge on any atom is 0.171 e. The van der Waals surface area contributed by atoms with Crippen molar-refractivity contribution in [1.82, 2.24) is 0 Å². The predicted molar refractivity (Wildman–Crippen MR) is 79.2 cm³/mol. The fourth-order valence-electron chi connectivity index (χ4n) is 2.14. The molecule has 1 aromatic rings. The summed E-state index contributed by atoms with van der Waals surface area (Å²) in [5, 5.41) is 12.2. The van der Waals surface area contributed by atoms with Crippen LogP contribution in [0.3, 0.4) is 0 Å². The van der Waals surface area contributed by atoms with Crippen LogP contribution < -0.4 is 10.6 Å². The molecule has 3 N–H and O–H groups in total. The molecule has 1 aliphatic carbocycles. The third-order valence-electron chi connectivity index (χ3n) is 3.44. The second-order valence-corrected chi connectivity index (χ2v) is 5.75. The number of oxime groups is 1. The van der Waals surface area contributed by atoms with Crippen molar-refractivity contribution in [2.24, 2.45) is 16.8 Å². The first-order valence-corrected chi connectivity index (χ1v) is 6.94. The van der Waals surface area contributed by atoms with Gasteiger partial charge < -0.3 is 15.8 Å². The molecule has 4 nitrogen and oxygen atoms in total. The Labute approximate surface area is 118 Å². The SMILES string of the molecule is CC(C)N(CC1CC1)c1ccc(/C(N)=N/O)c(Cl)c1. The summed E-state index contributed by atoms with van der Waals surface area (Å²) in [5.74, 6) is 0.847. The molecular formula is C14H20ClN3O. The van der Waals surface area contributed by atoms with E-state index in [-0.39, 0.29) is 5.84 Å². The van der Waals surface area contributed by atoms with Crippen molar-refractivity contribution in [2.75, 3.05) is 11.4 Å². The van der Waals surface area contributed by atoms with Crippen molar-refractivity contribution < 1.29 is 5.21 Å². The van der Waals surface area contributed by atoms with Crippen LogP contribution in [0.15, 0.2) is 23.4 Å². The lowest BCUT2D eigenvalue weighted by Crippen LogP contribution is -2.32. The van der Waals surface area contributed by atoms with Gasteiger partial charge in [-0.3, -0.25) is 0 Å². The topological polar surface area (TPSA) is 61.8 Å². The van der Waals surface area contributed by atoms with Gasteiger partial charge >= 0.3 is 0 Å². The summed E-state index contributed by atoms with van der Waals surface area (Å²) in [6.07, 6.45) is 2.64. The van der Waals surface area contributed by atoms with Gasteiger partial charge in [-0.05, 0) is 50.8 Å². The van der Waals surface area contributed by atoms with Crippen molar-refractivity contribution in [3.8, 4) is 0 Å². The van der Waals surface area contributed by atoms with Crippen LogP contribution in [-0.4, -0.2) is 23.6 Å². The second-order valence-electron chi connectivity index (χ2n) is 5.34. The number of anilines is 1. The number of halogens is 1. The highest BCUT2D eigenvalue weighted by Crippen LogP contribution is 2.33. The molecule has 19 heavy (non-hydrogen) atoms. The normalized spacial score (nSPS) is 15.9. The number of nitrogens with zero attached hydrogens (tertiary/aromatic N) is 2. The fraction of sp³-hybridized carbons (Fsp3) is 0.500. The number of benzene rings is 1. The maximum absolute atomic E-state index is 8.70. The molecule has 0 aliphatic heterocycles. The standard InChI is InChI=1S/C14H20ClN3O/c1-9(2)18(8-10-3-4-10)11-5-6-12(13(15)7-11)14(16)17-19/h5-7,9-10,19H,3-4,8H2,1-2H3,(H2,16,17). The third-order valence-corrected chi connectivity index (χ3v) is 3.76. The van der Waals surface area contributed by atoms with E-state index in [1.807, 2.05) is 12.1 Å². The molecule has 0 amide bonds. The molecule has 0 atom stereocenters. The van der Waals surface area contributed by atoms with Gasteiger partial charge in [0.15, 0.2) is 5.84 Å². The van der Waals surface area contributed by atoms with Gasteiger partial charge in [-0.25, -0.2) is 0 Å². The molecule has 5 heteroatoms. The van der Waals surface area contributed by atoms with Crippen LogP contribution in [0.25, 0.3) is 0 Å². The van der Waals surface area contributed by atoms with Gasteiger partial charge in [-0.2, -0.15) is 0 Å². The molecule has 1 saturated carbocycles. The van der Waals surface area contributed by atoms with Crippen LogP contribution in [0.5, 0.6) is 0 Å². The van der Waals surface area contributed by atoms with Crippen LogP contribution in [0, 0.1) is 5.92 Å². The van der Waals surface area contributed by atoms with Gasteiger partial charge in [0, 0.05) is 23.8 Å². The lowest BCUT2D eigenvalue weighted by molar-refractivity contribution is 0.318. The van der Waals surface area contributed by atoms with Crippen molar-refractivity contribution in [1.29, 1.82) is 0 Å². The molecule has 0 saturated heterocycles. The van der Waals surface area contributed by atoms with Crippen LogP contribution >= 0.6 is 11.6 Å². The van der Waals surface area contributed by atoms with E-state index >= 15 is 0 Å². The van der Waals surface area contributed by atoms with E-state index in [2.05, 4.69) is 23.9 Å². The fourth-order valence-corrected chi connectivity index (χ4v) is 2.41. The molecule has 1 aromatic carbocycles. The van der Waals surface area contributed by atoms with Crippen molar-refractivity contribution in [2.45, 2.75) is 32.7 Å². The van der Waals surface area contributed by atoms with Crippen LogP contribution in [0.2, 0.25) is 5.02 Å². The van der Waals surface area contributed by atoms with E-state index in [0.29, 0.717) is 16.6 Å². The lowest BCUT2D eigenvalue weighted by atomic mass is 10.1. The van der Waals surface area contributed by atoms with Crippen molar-refractivity contribution >= 4 is 23.1 Å². The Morgan fingerprint density at radius 1 is 1.53 bits per heavy atom. The summed E-state index contributed by atoms with van der Waals surface area (Å²) < 4.78 is 0. The van der Waals surface area contributed by atoms with Gasteiger partial charge in [0.05, 0.1) is 5.02 Å². The molecule has 0 spiro atoms. The second kappa shape index (κ2) is 5.70. The summed E-state index contributed by atoms with van der Waals surface area (Å²) in [7, 11) is 0. The average Bonchev–Trinajstić information content (AvgIpc) is 3.18. The Bertz CT molecular complexity index is 484. The average molecular weight is 282 g/mol. The zero-order chi connectivity index (χ0) is 14.0. The van der Waals surface area contributed by atoms with E-state index < -0.39 is 0 Å². The molecule has 0 heterocycles. The van der Waals surface area contributed by atoms with Gasteiger partial charge in [-0.1, -0.05) is 16.8 Å². The largest absolute Gasteiger partial charge is 0.409 e. The highest BCUT2D eigenvalue weighted by Gasteiger charge is 2.26. The molecule has 0 bridgehead atoms. The van der Waals surface area contributed by atoms with Crippen molar-refractivity contribution in [3.63, 3.8) is 0 Å². The van der Waals surface area contributed by atoms with Crippen LogP contribution in [-0.2, 0) is 0 Å². The summed E-state index contributed by atoms with van der Waals surface area (Å²) in [6.45, 7) is 5.42. The number of hydrogen-bond donors (Lipinski definition) is 2. The highest BCUT2D eigenvalue weighted by atomic mass is 35.5. The minimum absolute atomic E-state index is 0.0369. The zero-order valence-electron chi connectivity index (χ0n) is 11.3. The van der Waals surface area contributed by atoms with E-state index in [1.165, 1.54) is 12.8 Å². The van der Waals surface area contributed by atoms with Crippen molar-refractivity contribution in [3.05, 3.63) is 28.8 Å². The van der Waals surface area contributed by atoms with E-state index in [4.69, 9.17) is 22.5 Å². The Morgan fingerprint density at radius 2 is 2.21 bits per heavy atom. The minimum Gasteiger partial charge on any atom is -0.409 e. The number of nitrogens with two attached hydrogens (primary N) is 1. The Kier molecular flexibility index (Phi) is 4.20. The molecule has 0 unspecified atom stereocenters. The molecule has 0 aromatic heterocycles. The first-order chi connectivity index (χ1) is 9.02. The molecule has 104 valence electrons. The summed E-state index contributed by atoms with van der Waals surface area (Å²) in [5.41, 5.74) is 7.22. The lowest BCUT2D eigenvalue weighted by Gasteiger charge is -2.29. The first-order valence-electron chi connectivity index (χ1n) is 6.57. The molecule has 1 fully saturated rings. The molecular weight excluding hydrogens is 262 g/mol. The first kappa shape index (κ1) is 14.0. The van der Waals surface area contributed by atoms with E-state index in [9.17, 15) is 0 Å². The Morgan fingerprint density at radius 3 is 2.68 bits per heavy atom. The number of amidine groups is 1. The zero-order valence-corrected chi connectivity index (χ0v) is 12.1. The molecule has 2 rings (SSSR count). The minimum atomic E-state index is 0.0369. The van der Waals surface area contributed by atoms with Gasteiger partial charge in [0.25, 0.3) is 0 Å². The van der Waals surface area contributed by atoms with Crippen LogP contribution in [0.4, 0.5) is 5.69 Å². The number of hydrogen-bond acceptors (Lipinski definition) is 3. The summed E-state index contributed by atoms with van der Waals surface area (Å²) in [4.78, 5) is 2.35. The maximum atomic E-state index is 8.70. The Hall–Kier alpha value is -1.42. The van der Waals surface area contributed by atoms with Gasteiger partial charge in [0.2, 0.25) is 0 Å². The van der Waals surface area contributed by atoms with Gasteiger partial charge in [-0.15, -0.1) is 0 Å². The monoisotopic (exact) mass is 281 g/mol. The predicted octanol–water partition coefficient (Wildman–Crippen LogP) is 3.06. The third kappa shape index (κ3) is 3.32. The summed E-state index contributed by atoms with van der Waals surface area (Å²) in [6, 6.07) is 6.08. The smallest absolute Gasteiger partial charge is 0.171 e. The Balaban J connectivity index is 2.25. The molecule has 0 radical (unpaired) electrons. The van der Waals surface area contributed by atoms with E-state index in [0.717, 1.165) is 18.2 Å². The van der Waals surface area contributed by atoms with Gasteiger partial charge in [0.1, 0.15) is 0 Å². The molecule has 1 aliphatic rings. The highest BCUT2D eigenvalue weighted by molar-refractivity contribution is 6.34. The van der Waals surface area contributed by atoms with Crippen LogP contribution in [0.1, 0.15) is 32.3 Å². The summed E-state index contributed by atoms with van der Waals surface area (Å²) >= 11 is 6.21. The van der Waals surface area contributed by atoms with E-state index in [1.54, 1.807) is 6.07 Å². The number of rotatable bonds is 5.